The predicted molar refractivity (Wildman–Crippen MR) is 232 cm³/mol. The molecule has 7 rings (SSSR count). The third-order valence-corrected chi connectivity index (χ3v) is 11.2. The second kappa shape index (κ2) is 20.2. The van der Waals surface area contributed by atoms with Gasteiger partial charge in [-0.05, 0) is 64.9 Å². The number of carbonyl (C=O) groups excluding carboxylic acids is 2. The fourth-order valence-electron chi connectivity index (χ4n) is 7.75. The van der Waals surface area contributed by atoms with Crippen molar-refractivity contribution >= 4 is 34.6 Å². The molecule has 0 bridgehead atoms. The molecular formula is C47H52N6O7. The Balaban J connectivity index is 0.948. The SMILES string of the molecule is Nc1ccccc1NC(=O)CCCCC(=O)NCc1ccccc1-c1ccc([C@@H]2O[C@H](CN3CCN(c4ccc([N+](=O)[O-])cc4)CC3)C[C@H](c3ccc(CO)cc3)O2)cc1. The first-order valence-electron chi connectivity index (χ1n) is 20.5. The molecule has 0 aromatic heterocycles. The number of nitrogens with zero attached hydrogens (tertiary/aromatic N) is 3. The van der Waals surface area contributed by atoms with Crippen LogP contribution in [0.1, 0.15) is 66.8 Å². The highest BCUT2D eigenvalue weighted by Gasteiger charge is 2.34. The normalized spacial score (nSPS) is 18.1. The molecule has 2 aliphatic heterocycles. The van der Waals surface area contributed by atoms with Gasteiger partial charge in [-0.2, -0.15) is 0 Å². The molecular weight excluding hydrogens is 761 g/mol. The average Bonchev–Trinajstić information content (AvgIpc) is 3.28. The maximum absolute atomic E-state index is 12.8. The quantitative estimate of drug-likeness (QED) is 0.0338. The van der Waals surface area contributed by atoms with Gasteiger partial charge in [0.15, 0.2) is 6.29 Å². The van der Waals surface area contributed by atoms with Crippen LogP contribution in [0.25, 0.3) is 11.1 Å². The summed E-state index contributed by atoms with van der Waals surface area (Å²) in [6, 6.07) is 37.9. The number of anilines is 3. The van der Waals surface area contributed by atoms with E-state index in [-0.39, 0.29) is 41.2 Å². The molecule has 2 saturated heterocycles. The predicted octanol–water partition coefficient (Wildman–Crippen LogP) is 7.52. The van der Waals surface area contributed by atoms with E-state index in [1.807, 2.05) is 84.9 Å². The summed E-state index contributed by atoms with van der Waals surface area (Å²) in [5, 5.41) is 26.6. The van der Waals surface area contributed by atoms with Gasteiger partial charge in [0, 0.05) is 81.9 Å². The molecule has 312 valence electrons. The van der Waals surface area contributed by atoms with Crippen LogP contribution in [0.15, 0.2) is 121 Å². The number of nitrogen functional groups attached to an aromatic ring is 1. The van der Waals surface area contributed by atoms with Gasteiger partial charge in [0.05, 0.1) is 35.1 Å². The first-order valence-corrected chi connectivity index (χ1v) is 20.5. The zero-order chi connectivity index (χ0) is 41.8. The molecule has 13 nitrogen and oxygen atoms in total. The Morgan fingerprint density at radius 1 is 0.783 bits per heavy atom. The van der Waals surface area contributed by atoms with Gasteiger partial charge in [0.25, 0.3) is 5.69 Å². The molecule has 2 amide bonds. The highest BCUT2D eigenvalue weighted by Crippen LogP contribution is 2.39. The first kappa shape index (κ1) is 42.0. The summed E-state index contributed by atoms with van der Waals surface area (Å²) in [5.41, 5.74) is 13.9. The zero-order valence-corrected chi connectivity index (χ0v) is 33.6. The molecule has 0 aliphatic carbocycles. The van der Waals surface area contributed by atoms with Gasteiger partial charge in [-0.15, -0.1) is 0 Å². The number of benzene rings is 5. The van der Waals surface area contributed by atoms with Gasteiger partial charge in [-0.3, -0.25) is 24.6 Å². The summed E-state index contributed by atoms with van der Waals surface area (Å²) >= 11 is 0. The van der Waals surface area contributed by atoms with Gasteiger partial charge in [-0.25, -0.2) is 0 Å². The lowest BCUT2D eigenvalue weighted by molar-refractivity contribution is -0.384. The fraction of sp³-hybridized carbons (Fsp3) is 0.319. The van der Waals surface area contributed by atoms with Crippen molar-refractivity contribution in [3.05, 3.63) is 154 Å². The topological polar surface area (TPSA) is 173 Å². The number of para-hydroxylation sites is 2. The Kier molecular flexibility index (Phi) is 14.2. The Morgan fingerprint density at radius 3 is 2.15 bits per heavy atom. The number of aliphatic hydroxyl groups excluding tert-OH is 1. The number of unbranched alkanes of at least 4 members (excludes halogenated alkanes) is 1. The monoisotopic (exact) mass is 812 g/mol. The van der Waals surface area contributed by atoms with E-state index in [2.05, 4.69) is 32.6 Å². The highest BCUT2D eigenvalue weighted by molar-refractivity contribution is 5.93. The van der Waals surface area contributed by atoms with Gasteiger partial charge < -0.3 is 35.8 Å². The summed E-state index contributed by atoms with van der Waals surface area (Å²) < 4.78 is 13.3. The van der Waals surface area contributed by atoms with E-state index in [9.17, 15) is 24.8 Å². The Bertz CT molecular complexity index is 2210. The first-order chi connectivity index (χ1) is 29.2. The molecule has 13 heteroatoms. The molecule has 2 heterocycles. The van der Waals surface area contributed by atoms with Crippen molar-refractivity contribution in [2.24, 2.45) is 0 Å². The summed E-state index contributed by atoms with van der Waals surface area (Å²) in [4.78, 5) is 40.5. The van der Waals surface area contributed by atoms with Crippen molar-refractivity contribution in [2.75, 3.05) is 48.7 Å². The second-order valence-corrected chi connectivity index (χ2v) is 15.3. The number of hydrogen-bond donors (Lipinski definition) is 4. The van der Waals surface area contributed by atoms with Crippen molar-refractivity contribution in [1.29, 1.82) is 0 Å². The van der Waals surface area contributed by atoms with Crippen LogP contribution in [-0.4, -0.2) is 65.6 Å². The zero-order valence-electron chi connectivity index (χ0n) is 33.6. The fourth-order valence-corrected chi connectivity index (χ4v) is 7.75. The lowest BCUT2D eigenvalue weighted by Gasteiger charge is -2.41. The van der Waals surface area contributed by atoms with Crippen molar-refractivity contribution < 1.29 is 29.1 Å². The third kappa shape index (κ3) is 11.1. The van der Waals surface area contributed by atoms with Crippen LogP contribution < -0.4 is 21.3 Å². The lowest BCUT2D eigenvalue weighted by Crippen LogP contribution is -2.49. The number of carbonyl (C=O) groups is 2. The summed E-state index contributed by atoms with van der Waals surface area (Å²) in [6.07, 6.45) is 1.57. The van der Waals surface area contributed by atoms with Crippen LogP contribution in [-0.2, 0) is 32.2 Å². The standard InChI is InChI=1S/C47H52N6O7/c48-42-9-3-4-10-43(42)50-46(56)12-6-5-11-45(55)49-30-37-7-1-2-8-41(37)34-17-19-36(20-18-34)47-59-40(29-44(60-47)35-15-13-33(32-54)14-16-35)31-51-25-27-52(28-26-51)38-21-23-39(24-22-38)53(57)58/h1-4,7-10,13-24,40,44,47,54H,5-6,11-12,25-32,48H2,(H,49,55)(H,50,56)/t40-,44+,47+/m0/s1. The summed E-state index contributed by atoms with van der Waals surface area (Å²) in [7, 11) is 0. The van der Waals surface area contributed by atoms with E-state index < -0.39 is 6.29 Å². The van der Waals surface area contributed by atoms with Crippen molar-refractivity contribution in [3.8, 4) is 11.1 Å². The van der Waals surface area contributed by atoms with Crippen molar-refractivity contribution in [3.63, 3.8) is 0 Å². The number of piperazine rings is 1. The molecule has 2 fully saturated rings. The Labute approximate surface area is 350 Å². The molecule has 5 aromatic carbocycles. The number of aliphatic hydroxyl groups is 1. The van der Waals surface area contributed by atoms with Crippen molar-refractivity contribution in [1.82, 2.24) is 10.2 Å². The van der Waals surface area contributed by atoms with Gasteiger partial charge >= 0.3 is 0 Å². The number of nitrogens with one attached hydrogen (secondary N) is 2. The van der Waals surface area contributed by atoms with Crippen LogP contribution in [0.4, 0.5) is 22.7 Å². The van der Waals surface area contributed by atoms with Crippen LogP contribution >= 0.6 is 0 Å². The van der Waals surface area contributed by atoms with Crippen molar-refractivity contribution in [2.45, 2.75) is 63.8 Å². The number of nitro groups is 1. The van der Waals surface area contributed by atoms with Gasteiger partial charge in [0.1, 0.15) is 0 Å². The smallest absolute Gasteiger partial charge is 0.269 e. The minimum absolute atomic E-state index is 0.0259. The largest absolute Gasteiger partial charge is 0.397 e. The number of hydrogen-bond acceptors (Lipinski definition) is 10. The highest BCUT2D eigenvalue weighted by atomic mass is 16.7. The maximum Gasteiger partial charge on any atom is 0.269 e. The third-order valence-electron chi connectivity index (χ3n) is 11.2. The number of ether oxygens (including phenoxy) is 2. The van der Waals surface area contributed by atoms with E-state index in [1.54, 1.807) is 24.3 Å². The van der Waals surface area contributed by atoms with E-state index in [0.29, 0.717) is 50.0 Å². The minimum atomic E-state index is -0.598. The molecule has 0 saturated carbocycles. The van der Waals surface area contributed by atoms with Crippen LogP contribution in [0.3, 0.4) is 0 Å². The minimum Gasteiger partial charge on any atom is -0.397 e. The molecule has 3 atom stereocenters. The molecule has 0 spiro atoms. The van der Waals surface area contributed by atoms with Crippen LogP contribution in [0.5, 0.6) is 0 Å². The van der Waals surface area contributed by atoms with E-state index in [1.165, 1.54) is 0 Å². The van der Waals surface area contributed by atoms with E-state index >= 15 is 0 Å². The van der Waals surface area contributed by atoms with Gasteiger partial charge in [0.2, 0.25) is 11.8 Å². The summed E-state index contributed by atoms with van der Waals surface area (Å²) in [5.74, 6) is -0.197. The van der Waals surface area contributed by atoms with E-state index in [4.69, 9.17) is 15.2 Å². The lowest BCUT2D eigenvalue weighted by atomic mass is 9.97. The molecule has 0 unspecified atom stereocenters. The summed E-state index contributed by atoms with van der Waals surface area (Å²) in [6.45, 7) is 4.34. The van der Waals surface area contributed by atoms with E-state index in [0.717, 1.165) is 71.8 Å². The molecule has 5 aromatic rings. The maximum atomic E-state index is 12.8. The molecule has 2 aliphatic rings. The molecule has 5 N–H and O–H groups in total. The van der Waals surface area contributed by atoms with Crippen LogP contribution in [0, 0.1) is 10.1 Å². The number of amides is 2. The number of rotatable bonds is 16. The average molecular weight is 813 g/mol. The number of non-ortho nitro benzene ring substituents is 1. The van der Waals surface area contributed by atoms with Crippen LogP contribution in [0.2, 0.25) is 0 Å². The van der Waals surface area contributed by atoms with Gasteiger partial charge in [-0.1, -0.05) is 84.9 Å². The Morgan fingerprint density at radius 2 is 1.45 bits per heavy atom. The molecule has 0 radical (unpaired) electrons. The number of nitrogens with two attached hydrogens (primary N) is 1. The second-order valence-electron chi connectivity index (χ2n) is 15.3. The Hall–Kier alpha value is -6.12. The molecule has 60 heavy (non-hydrogen) atoms. The number of nitro benzene ring substituents is 1.